The van der Waals surface area contributed by atoms with Gasteiger partial charge in [-0.1, -0.05) is 18.8 Å². The summed E-state index contributed by atoms with van der Waals surface area (Å²) in [5.41, 5.74) is -0.182. The second-order valence-electron chi connectivity index (χ2n) is 10.2. The normalized spacial score (nSPS) is 24.7. The molecule has 3 aliphatic rings. The van der Waals surface area contributed by atoms with E-state index in [9.17, 15) is 19.8 Å². The number of ether oxygens (including phenoxy) is 1. The molecule has 2 N–H and O–H groups in total. The molecular weight excluding hydrogens is 434 g/mol. The highest BCUT2D eigenvalue weighted by Crippen LogP contribution is 2.32. The molecule has 0 aromatic carbocycles. The monoisotopic (exact) mass is 469 g/mol. The van der Waals surface area contributed by atoms with Gasteiger partial charge < -0.3 is 24.7 Å². The molecule has 8 heteroatoms. The lowest BCUT2D eigenvalue weighted by Gasteiger charge is -2.37. The number of hydrogen-bond acceptors (Lipinski definition) is 6. The minimum Gasteiger partial charge on any atom is -0.472 e. The molecule has 0 bridgehead atoms. The molecule has 2 saturated carbocycles. The minimum atomic E-state index is -0.985. The number of hydrogen-bond donors (Lipinski definition) is 2. The number of aliphatic hydroxyl groups is 2. The van der Waals surface area contributed by atoms with Gasteiger partial charge >= 0.3 is 0 Å². The SMILES string of the molecule is C[C@H]1CN([C@@H](C)CO)C(=O)c2cc(C#CC3(O)CCCC3)cnc2O[C@H]1CN(C)C(=O)C1CC1. The molecule has 0 radical (unpaired) electrons. The smallest absolute Gasteiger partial charge is 0.259 e. The van der Waals surface area contributed by atoms with Gasteiger partial charge in [0.05, 0.1) is 19.2 Å². The Morgan fingerprint density at radius 3 is 2.74 bits per heavy atom. The number of carbonyl (C=O) groups excluding carboxylic acids is 2. The molecule has 184 valence electrons. The summed E-state index contributed by atoms with van der Waals surface area (Å²) in [5, 5.41) is 20.4. The maximum absolute atomic E-state index is 13.5. The molecule has 3 atom stereocenters. The molecular formula is C26H35N3O5. The van der Waals surface area contributed by atoms with Gasteiger partial charge in [0, 0.05) is 37.2 Å². The Labute approximate surface area is 201 Å². The molecule has 4 rings (SSSR count). The molecule has 2 heterocycles. The van der Waals surface area contributed by atoms with Gasteiger partial charge in [-0.2, -0.15) is 0 Å². The van der Waals surface area contributed by atoms with Crippen molar-refractivity contribution in [3.05, 3.63) is 23.4 Å². The van der Waals surface area contributed by atoms with Crippen LogP contribution in [-0.4, -0.2) is 81.3 Å². The predicted octanol–water partition coefficient (Wildman–Crippen LogP) is 1.83. The van der Waals surface area contributed by atoms with Crippen LogP contribution in [0.15, 0.2) is 12.3 Å². The first kappa shape index (κ1) is 24.5. The summed E-state index contributed by atoms with van der Waals surface area (Å²) in [4.78, 5) is 33.8. The standard InChI is InChI=1S/C26H35N3O5/c1-17-14-29(18(2)16-30)25(32)21-12-19(8-11-26(33)9-4-5-10-26)13-27-23(21)34-22(17)15-28(3)24(31)20-6-7-20/h12-13,17-18,20,22,30,33H,4-7,9-10,14-16H2,1-3H3/t17-,18-,22-/m0/s1. The van der Waals surface area contributed by atoms with Gasteiger partial charge in [-0.3, -0.25) is 9.59 Å². The van der Waals surface area contributed by atoms with Crippen molar-refractivity contribution in [3.8, 4) is 17.7 Å². The summed E-state index contributed by atoms with van der Waals surface area (Å²) >= 11 is 0. The van der Waals surface area contributed by atoms with Gasteiger partial charge in [0.2, 0.25) is 11.8 Å². The summed E-state index contributed by atoms with van der Waals surface area (Å²) in [7, 11) is 1.79. The van der Waals surface area contributed by atoms with Gasteiger partial charge in [0.25, 0.3) is 5.91 Å². The molecule has 0 spiro atoms. The van der Waals surface area contributed by atoms with Crippen LogP contribution in [0.3, 0.4) is 0 Å². The van der Waals surface area contributed by atoms with E-state index in [4.69, 9.17) is 4.74 Å². The highest BCUT2D eigenvalue weighted by Gasteiger charge is 2.37. The zero-order valence-corrected chi connectivity index (χ0v) is 20.3. The zero-order chi connectivity index (χ0) is 24.5. The summed E-state index contributed by atoms with van der Waals surface area (Å²) in [6.45, 7) is 4.39. The van der Waals surface area contributed by atoms with Crippen LogP contribution in [0, 0.1) is 23.7 Å². The molecule has 1 aromatic rings. The number of aliphatic hydroxyl groups excluding tert-OH is 1. The number of fused-ring (bicyclic) bond motifs is 1. The molecule has 8 nitrogen and oxygen atoms in total. The van der Waals surface area contributed by atoms with Crippen LogP contribution in [0.2, 0.25) is 0 Å². The fourth-order valence-corrected chi connectivity index (χ4v) is 4.66. The topological polar surface area (TPSA) is 103 Å². The van der Waals surface area contributed by atoms with E-state index >= 15 is 0 Å². The quantitative estimate of drug-likeness (QED) is 0.638. The van der Waals surface area contributed by atoms with Crippen molar-refractivity contribution in [2.75, 3.05) is 26.7 Å². The first-order chi connectivity index (χ1) is 16.2. The number of amides is 2. The van der Waals surface area contributed by atoms with E-state index in [1.807, 2.05) is 6.92 Å². The van der Waals surface area contributed by atoms with Crippen molar-refractivity contribution in [1.29, 1.82) is 0 Å². The molecule has 34 heavy (non-hydrogen) atoms. The third-order valence-electron chi connectivity index (χ3n) is 7.15. The molecule has 0 saturated heterocycles. The van der Waals surface area contributed by atoms with Crippen LogP contribution in [0.5, 0.6) is 5.88 Å². The summed E-state index contributed by atoms with van der Waals surface area (Å²) in [5.74, 6) is 6.02. The number of pyridine rings is 1. The Kier molecular flexibility index (Phi) is 7.15. The Balaban J connectivity index is 1.64. The maximum Gasteiger partial charge on any atom is 0.259 e. The van der Waals surface area contributed by atoms with E-state index in [2.05, 4.69) is 16.8 Å². The van der Waals surface area contributed by atoms with E-state index in [1.54, 1.807) is 36.0 Å². The van der Waals surface area contributed by atoms with Gasteiger partial charge in [-0.05, 0) is 51.5 Å². The number of likely N-dealkylation sites (N-methyl/N-ethyl adjacent to an activating group) is 1. The summed E-state index contributed by atoms with van der Waals surface area (Å²) in [6.07, 6.45) is 6.25. The Morgan fingerprint density at radius 2 is 2.09 bits per heavy atom. The summed E-state index contributed by atoms with van der Waals surface area (Å²) < 4.78 is 6.24. The van der Waals surface area contributed by atoms with Crippen LogP contribution < -0.4 is 4.74 Å². The van der Waals surface area contributed by atoms with Crippen LogP contribution in [0.4, 0.5) is 0 Å². The van der Waals surface area contributed by atoms with Gasteiger partial charge in [0.15, 0.2) is 0 Å². The second-order valence-corrected chi connectivity index (χ2v) is 10.2. The molecule has 2 aliphatic carbocycles. The molecule has 1 aromatic heterocycles. The van der Waals surface area contributed by atoms with Gasteiger partial charge in [-0.15, -0.1) is 0 Å². The molecule has 1 aliphatic heterocycles. The number of nitrogens with zero attached hydrogens (tertiary/aromatic N) is 3. The lowest BCUT2D eigenvalue weighted by molar-refractivity contribution is -0.132. The van der Waals surface area contributed by atoms with E-state index in [0.717, 1.165) is 25.7 Å². The fraction of sp³-hybridized carbons (Fsp3) is 0.654. The minimum absolute atomic E-state index is 0.0848. The van der Waals surface area contributed by atoms with E-state index in [1.165, 1.54) is 0 Å². The Morgan fingerprint density at radius 1 is 1.38 bits per heavy atom. The highest BCUT2D eigenvalue weighted by molar-refractivity contribution is 5.97. The third-order valence-corrected chi connectivity index (χ3v) is 7.15. The molecule has 2 amide bonds. The third kappa shape index (κ3) is 5.37. The molecule has 2 fully saturated rings. The average Bonchev–Trinajstić information content (AvgIpc) is 3.59. The van der Waals surface area contributed by atoms with Crippen LogP contribution >= 0.6 is 0 Å². The van der Waals surface area contributed by atoms with E-state index in [0.29, 0.717) is 31.5 Å². The number of aromatic nitrogens is 1. The van der Waals surface area contributed by atoms with Gasteiger partial charge in [0.1, 0.15) is 17.3 Å². The average molecular weight is 470 g/mol. The van der Waals surface area contributed by atoms with Crippen LogP contribution in [0.1, 0.15) is 68.3 Å². The largest absolute Gasteiger partial charge is 0.472 e. The Hall–Kier alpha value is -2.63. The van der Waals surface area contributed by atoms with Crippen molar-refractivity contribution < 1.29 is 24.5 Å². The maximum atomic E-state index is 13.5. The van der Waals surface area contributed by atoms with Crippen molar-refractivity contribution in [3.63, 3.8) is 0 Å². The van der Waals surface area contributed by atoms with Crippen molar-refractivity contribution >= 4 is 11.8 Å². The van der Waals surface area contributed by atoms with Crippen LogP contribution in [-0.2, 0) is 4.79 Å². The second kappa shape index (κ2) is 9.93. The zero-order valence-electron chi connectivity index (χ0n) is 20.3. The van der Waals surface area contributed by atoms with E-state index < -0.39 is 5.60 Å². The number of carbonyl (C=O) groups is 2. The first-order valence-electron chi connectivity index (χ1n) is 12.3. The number of rotatable bonds is 5. The highest BCUT2D eigenvalue weighted by atomic mass is 16.5. The lowest BCUT2D eigenvalue weighted by atomic mass is 9.99. The molecule has 0 unspecified atom stereocenters. The van der Waals surface area contributed by atoms with Crippen molar-refractivity contribution in [2.24, 2.45) is 11.8 Å². The van der Waals surface area contributed by atoms with Gasteiger partial charge in [-0.25, -0.2) is 4.98 Å². The predicted molar refractivity (Wildman–Crippen MR) is 126 cm³/mol. The summed E-state index contributed by atoms with van der Waals surface area (Å²) in [6, 6.07) is 1.26. The van der Waals surface area contributed by atoms with Crippen LogP contribution in [0.25, 0.3) is 0 Å². The fourth-order valence-electron chi connectivity index (χ4n) is 4.66. The lowest BCUT2D eigenvalue weighted by Crippen LogP contribution is -2.50. The Bertz CT molecular complexity index is 990. The van der Waals surface area contributed by atoms with Crippen molar-refractivity contribution in [1.82, 2.24) is 14.8 Å². The first-order valence-corrected chi connectivity index (χ1v) is 12.3. The van der Waals surface area contributed by atoms with Crippen molar-refractivity contribution in [2.45, 2.75) is 70.1 Å². The van der Waals surface area contributed by atoms with E-state index in [-0.39, 0.29) is 53.8 Å².